The van der Waals surface area contributed by atoms with Gasteiger partial charge >= 0.3 is 18.3 Å². The van der Waals surface area contributed by atoms with Gasteiger partial charge in [-0.3, -0.25) is 4.68 Å². The molecule has 1 aromatic carbocycles. The minimum Gasteiger partial charge on any atom is -0.492 e. The van der Waals surface area contributed by atoms with Gasteiger partial charge in [0.2, 0.25) is 5.88 Å². The number of benzene rings is 1. The van der Waals surface area contributed by atoms with E-state index in [2.05, 4.69) is 20.2 Å². The van der Waals surface area contributed by atoms with E-state index in [9.17, 15) is 36.2 Å². The van der Waals surface area contributed by atoms with E-state index in [1.165, 1.54) is 6.92 Å². The van der Waals surface area contributed by atoms with Gasteiger partial charge in [-0.15, -0.1) is 0 Å². The van der Waals surface area contributed by atoms with Crippen LogP contribution in [-0.2, 0) is 12.4 Å². The lowest BCUT2D eigenvalue weighted by Gasteiger charge is -2.21. The van der Waals surface area contributed by atoms with Crippen molar-refractivity contribution in [3.63, 3.8) is 0 Å². The number of alkyl halides is 6. The maximum Gasteiger partial charge on any atom is 0.416 e. The Labute approximate surface area is 184 Å². The summed E-state index contributed by atoms with van der Waals surface area (Å²) in [5.41, 5.74) is -3.82. The van der Waals surface area contributed by atoms with Crippen LogP contribution < -0.4 is 0 Å². The summed E-state index contributed by atoms with van der Waals surface area (Å²) in [5.74, 6) is -2.29. The predicted octanol–water partition coefficient (Wildman–Crippen LogP) is 4.06. The van der Waals surface area contributed by atoms with E-state index in [0.29, 0.717) is 18.2 Å². The first kappa shape index (κ1) is 23.0. The fourth-order valence-corrected chi connectivity index (χ4v) is 3.35. The summed E-state index contributed by atoms with van der Waals surface area (Å²) in [6, 6.07) is -0.361. The number of aromatic hydroxyl groups is 1. The summed E-state index contributed by atoms with van der Waals surface area (Å²) < 4.78 is 81.9. The Morgan fingerprint density at radius 2 is 1.74 bits per heavy atom. The lowest BCUT2D eigenvalue weighted by molar-refractivity contribution is -0.142. The molecule has 4 aromatic rings. The molecule has 2 N–H and O–H groups in total. The minimum absolute atomic E-state index is 0.0674. The van der Waals surface area contributed by atoms with E-state index in [1.807, 2.05) is 0 Å². The highest BCUT2D eigenvalue weighted by Gasteiger charge is 2.38. The molecule has 3 aromatic heterocycles. The highest BCUT2D eigenvalue weighted by molar-refractivity contribution is 5.87. The lowest BCUT2D eigenvalue weighted by atomic mass is 9.97. The first-order chi connectivity index (χ1) is 15.8. The Morgan fingerprint density at radius 1 is 1.03 bits per heavy atom. The molecule has 0 aliphatic rings. The van der Waals surface area contributed by atoms with Gasteiger partial charge in [-0.2, -0.15) is 41.5 Å². The van der Waals surface area contributed by atoms with Gasteiger partial charge in [-0.1, -0.05) is 0 Å². The summed E-state index contributed by atoms with van der Waals surface area (Å²) in [7, 11) is 0. The van der Waals surface area contributed by atoms with Crippen LogP contribution in [0.4, 0.5) is 26.3 Å². The maximum absolute atomic E-state index is 13.5. The first-order valence-electron chi connectivity index (χ1n) is 9.28. The molecule has 15 heteroatoms. The van der Waals surface area contributed by atoms with E-state index in [0.717, 1.165) is 28.0 Å². The fourth-order valence-electron chi connectivity index (χ4n) is 3.35. The van der Waals surface area contributed by atoms with Gasteiger partial charge in [0.15, 0.2) is 0 Å². The zero-order valence-corrected chi connectivity index (χ0v) is 16.8. The number of aromatic carboxylic acids is 1. The van der Waals surface area contributed by atoms with E-state index in [4.69, 9.17) is 5.11 Å². The molecule has 1 atom stereocenters. The number of aromatic nitrogens is 6. The Hall–Kier alpha value is -4.17. The molecule has 178 valence electrons. The van der Waals surface area contributed by atoms with Gasteiger partial charge < -0.3 is 10.2 Å². The number of carboxylic acid groups (broad SMARTS) is 1. The topological polar surface area (TPSA) is 119 Å². The number of hydrogen-bond acceptors (Lipinski definition) is 6. The average Bonchev–Trinajstić information content (AvgIpc) is 3.39. The smallest absolute Gasteiger partial charge is 0.416 e. The summed E-state index contributed by atoms with van der Waals surface area (Å²) in [6.45, 7) is 1.18. The monoisotopic (exact) mass is 486 g/mol. The van der Waals surface area contributed by atoms with Crippen molar-refractivity contribution in [3.05, 3.63) is 59.0 Å². The first-order valence-corrected chi connectivity index (χ1v) is 9.28. The van der Waals surface area contributed by atoms with Crippen LogP contribution in [0.25, 0.3) is 17.0 Å². The van der Waals surface area contributed by atoms with Crippen LogP contribution in [0.15, 0.2) is 36.8 Å². The zero-order chi connectivity index (χ0) is 25.0. The molecule has 4 rings (SSSR count). The molecule has 0 unspecified atom stereocenters. The second-order valence-electron chi connectivity index (χ2n) is 7.12. The fraction of sp³-hybridized carbons (Fsp3) is 0.211. The molecule has 0 spiro atoms. The Morgan fingerprint density at radius 3 is 2.32 bits per heavy atom. The summed E-state index contributed by atoms with van der Waals surface area (Å²) in [6.07, 6.45) is -6.70. The van der Waals surface area contributed by atoms with Crippen molar-refractivity contribution in [2.24, 2.45) is 0 Å². The van der Waals surface area contributed by atoms with Gasteiger partial charge in [0.05, 0.1) is 35.1 Å². The van der Waals surface area contributed by atoms with Crippen LogP contribution in [0.3, 0.4) is 0 Å². The van der Waals surface area contributed by atoms with Crippen LogP contribution in [0.5, 0.6) is 5.88 Å². The van der Waals surface area contributed by atoms with Crippen molar-refractivity contribution < 1.29 is 41.4 Å². The second kappa shape index (κ2) is 7.71. The van der Waals surface area contributed by atoms with Crippen LogP contribution in [0.1, 0.15) is 40.0 Å². The molecular weight excluding hydrogens is 474 g/mol. The van der Waals surface area contributed by atoms with Crippen LogP contribution in [0.2, 0.25) is 0 Å². The number of carbonyl (C=O) groups is 1. The zero-order valence-electron chi connectivity index (χ0n) is 16.8. The quantitative estimate of drug-likeness (QED) is 0.418. The highest BCUT2D eigenvalue weighted by atomic mass is 19.4. The van der Waals surface area contributed by atoms with Crippen molar-refractivity contribution in [2.75, 3.05) is 0 Å². The molecule has 0 aliphatic carbocycles. The molecule has 9 nitrogen and oxygen atoms in total. The Bertz CT molecular complexity index is 1410. The minimum atomic E-state index is -4.95. The number of hydrogen-bond donors (Lipinski definition) is 2. The molecule has 3 heterocycles. The van der Waals surface area contributed by atoms with E-state index in [1.54, 1.807) is 0 Å². The van der Waals surface area contributed by atoms with Gasteiger partial charge in [-0.25, -0.2) is 14.5 Å². The van der Waals surface area contributed by atoms with Crippen molar-refractivity contribution in [2.45, 2.75) is 25.3 Å². The average molecular weight is 486 g/mol. The standard InChI is InChI=1S/C19H12F6N6O3/c1-8(11-4-10(18(20,21)22)2-3-12(11)19(23,24)25)31-14-13(6-27-31)28-17(29-15(14)32)30-7-9(5-26-30)16(33)34/h2-8H,1H3,(H,33,34)(H,28,29,32)/t8-/m0/s1. The molecule has 34 heavy (non-hydrogen) atoms. The molecule has 0 radical (unpaired) electrons. The van der Waals surface area contributed by atoms with Gasteiger partial charge in [0.25, 0.3) is 5.95 Å². The number of halogens is 6. The van der Waals surface area contributed by atoms with E-state index in [-0.39, 0.29) is 22.5 Å². The number of rotatable bonds is 4. The van der Waals surface area contributed by atoms with Crippen molar-refractivity contribution in [1.82, 2.24) is 29.5 Å². The van der Waals surface area contributed by atoms with Crippen LogP contribution >= 0.6 is 0 Å². The summed E-state index contributed by atoms with van der Waals surface area (Å²) >= 11 is 0. The molecule has 0 amide bonds. The molecule has 0 saturated heterocycles. The van der Waals surface area contributed by atoms with E-state index >= 15 is 0 Å². The third-order valence-corrected chi connectivity index (χ3v) is 4.95. The van der Waals surface area contributed by atoms with Crippen molar-refractivity contribution in [1.29, 1.82) is 0 Å². The van der Waals surface area contributed by atoms with Crippen molar-refractivity contribution in [3.8, 4) is 11.8 Å². The molecule has 0 fully saturated rings. The molecule has 0 bridgehead atoms. The molecule has 0 saturated carbocycles. The largest absolute Gasteiger partial charge is 0.492 e. The summed E-state index contributed by atoms with van der Waals surface area (Å²) in [4.78, 5) is 18.8. The van der Waals surface area contributed by atoms with Gasteiger partial charge in [0.1, 0.15) is 11.0 Å². The third-order valence-electron chi connectivity index (χ3n) is 4.95. The number of nitrogens with zero attached hydrogens (tertiary/aromatic N) is 6. The third kappa shape index (κ3) is 3.99. The van der Waals surface area contributed by atoms with Gasteiger partial charge in [-0.05, 0) is 30.7 Å². The molecular formula is C19H12F6N6O3. The SMILES string of the molecule is C[C@@H](c1cc(C(F)(F)F)ccc1C(F)(F)F)n1ncc2nc(-n3cc(C(=O)O)cn3)nc(O)c21. The Balaban J connectivity index is 1.84. The van der Waals surface area contributed by atoms with Gasteiger partial charge in [0, 0.05) is 6.20 Å². The van der Waals surface area contributed by atoms with Crippen LogP contribution in [-0.4, -0.2) is 45.7 Å². The second-order valence-corrected chi connectivity index (χ2v) is 7.12. The number of fused-ring (bicyclic) bond motifs is 1. The van der Waals surface area contributed by atoms with Crippen molar-refractivity contribution >= 4 is 17.0 Å². The number of carboxylic acids is 1. The normalized spacial score (nSPS) is 13.4. The lowest BCUT2D eigenvalue weighted by Crippen LogP contribution is -2.18. The Kier molecular flexibility index (Phi) is 5.21. The molecule has 0 aliphatic heterocycles. The van der Waals surface area contributed by atoms with E-state index < -0.39 is 46.9 Å². The highest BCUT2D eigenvalue weighted by Crippen LogP contribution is 2.40. The summed E-state index contributed by atoms with van der Waals surface area (Å²) in [5, 5.41) is 27.1. The van der Waals surface area contributed by atoms with Crippen LogP contribution in [0, 0.1) is 0 Å². The predicted molar refractivity (Wildman–Crippen MR) is 101 cm³/mol. The maximum atomic E-state index is 13.5.